The number of furan rings is 1. The summed E-state index contributed by atoms with van der Waals surface area (Å²) in [5.41, 5.74) is 3.91. The van der Waals surface area contributed by atoms with Gasteiger partial charge in [-0.1, -0.05) is 54.6 Å². The summed E-state index contributed by atoms with van der Waals surface area (Å²) in [6.45, 7) is 5.89. The van der Waals surface area contributed by atoms with E-state index in [1.54, 1.807) is 11.1 Å². The van der Waals surface area contributed by atoms with Gasteiger partial charge in [0.15, 0.2) is 0 Å². The van der Waals surface area contributed by atoms with E-state index >= 15 is 0 Å². The van der Waals surface area contributed by atoms with Crippen LogP contribution in [0.1, 0.15) is 45.6 Å². The van der Waals surface area contributed by atoms with Gasteiger partial charge in [-0.15, -0.1) is 0 Å². The van der Waals surface area contributed by atoms with Crippen molar-refractivity contribution in [2.24, 2.45) is 0 Å². The zero-order valence-corrected chi connectivity index (χ0v) is 19.2. The molecule has 1 amide bonds. The van der Waals surface area contributed by atoms with Crippen LogP contribution in [-0.4, -0.2) is 26.6 Å². The first kappa shape index (κ1) is 21.3. The molecule has 0 saturated heterocycles. The first-order valence-corrected chi connectivity index (χ1v) is 11.4. The Morgan fingerprint density at radius 2 is 1.70 bits per heavy atom. The molecular weight excluding hydrogens is 412 g/mol. The van der Waals surface area contributed by atoms with Gasteiger partial charge in [-0.3, -0.25) is 9.88 Å². The molecule has 4 aromatic rings. The molecule has 0 bridgehead atoms. The number of hydrogen-bond acceptors (Lipinski definition) is 3. The molecule has 1 N–H and O–H groups in total. The molecule has 2 aromatic heterocycles. The minimum absolute atomic E-state index is 0.483. The summed E-state index contributed by atoms with van der Waals surface area (Å²) in [6, 6.07) is 20.3. The second kappa shape index (κ2) is 7.77. The van der Waals surface area contributed by atoms with Crippen molar-refractivity contribution in [2.75, 3.05) is 0 Å². The van der Waals surface area contributed by atoms with E-state index in [9.17, 15) is 9.90 Å². The molecule has 0 aliphatic heterocycles. The normalized spacial score (nSPS) is 15.2. The Morgan fingerprint density at radius 1 is 1.00 bits per heavy atom. The lowest BCUT2D eigenvalue weighted by molar-refractivity contribution is -0.0328. The Kier molecular flexibility index (Phi) is 5.00. The third-order valence-corrected chi connectivity index (χ3v) is 6.71. The molecule has 0 radical (unpaired) electrons. The molecule has 5 rings (SSSR count). The van der Waals surface area contributed by atoms with E-state index in [2.05, 4.69) is 41.4 Å². The van der Waals surface area contributed by atoms with E-state index < -0.39 is 17.2 Å². The lowest BCUT2D eigenvalue weighted by Crippen LogP contribution is -2.60. The number of nitrogens with zero attached hydrogens (tertiary/aromatic N) is 2. The van der Waals surface area contributed by atoms with E-state index in [-0.39, 0.29) is 0 Å². The van der Waals surface area contributed by atoms with Crippen LogP contribution in [0.3, 0.4) is 0 Å². The number of rotatable bonds is 4. The number of hydrogen-bond donors (Lipinski definition) is 1. The predicted molar refractivity (Wildman–Crippen MR) is 130 cm³/mol. The fourth-order valence-corrected chi connectivity index (χ4v) is 5.23. The topological polar surface area (TPSA) is 66.6 Å². The van der Waals surface area contributed by atoms with Crippen LogP contribution in [0.2, 0.25) is 0 Å². The average molecular weight is 441 g/mol. The smallest absolute Gasteiger partial charge is 0.408 e. The molecule has 168 valence electrons. The van der Waals surface area contributed by atoms with Crippen LogP contribution in [0.5, 0.6) is 0 Å². The zero-order valence-electron chi connectivity index (χ0n) is 19.2. The van der Waals surface area contributed by atoms with Gasteiger partial charge in [0.1, 0.15) is 11.3 Å². The van der Waals surface area contributed by atoms with E-state index in [1.165, 1.54) is 0 Å². The summed E-state index contributed by atoms with van der Waals surface area (Å²) in [7, 11) is 0. The average Bonchev–Trinajstić information content (AvgIpc) is 3.15. The quantitative estimate of drug-likeness (QED) is 0.361. The largest absolute Gasteiger partial charge is 0.465 e. The molecule has 5 nitrogen and oxygen atoms in total. The first-order valence-electron chi connectivity index (χ1n) is 11.4. The van der Waals surface area contributed by atoms with Crippen LogP contribution >= 0.6 is 0 Å². The van der Waals surface area contributed by atoms with Crippen molar-refractivity contribution in [3.63, 3.8) is 0 Å². The number of benzene rings is 2. The van der Waals surface area contributed by atoms with Gasteiger partial charge in [-0.05, 0) is 57.2 Å². The van der Waals surface area contributed by atoms with Crippen LogP contribution in [-0.2, 0) is 5.54 Å². The summed E-state index contributed by atoms with van der Waals surface area (Å²) in [5, 5.41) is 11.0. The van der Waals surface area contributed by atoms with Crippen molar-refractivity contribution in [1.29, 1.82) is 0 Å². The Bertz CT molecular complexity index is 1300. The minimum atomic E-state index is -0.873. The van der Waals surface area contributed by atoms with Gasteiger partial charge in [-0.25, -0.2) is 4.79 Å². The van der Waals surface area contributed by atoms with Gasteiger partial charge in [0, 0.05) is 34.4 Å². The third kappa shape index (κ3) is 3.48. The standard InChI is InChI=1S/C28H28N2O3/c1-27(2,3)30(26(31)32)28(15-7-16-28)21-12-10-20(11-13-21)25-24(19-8-5-4-6-9-19)22-18-29-17-14-23(22)33-25/h4-6,8-14,17-18H,7,15-16H2,1-3H3,(H,31,32). The van der Waals surface area contributed by atoms with E-state index in [4.69, 9.17) is 4.42 Å². The number of aromatic nitrogens is 1. The monoisotopic (exact) mass is 440 g/mol. The molecule has 1 fully saturated rings. The van der Waals surface area contributed by atoms with Crippen molar-refractivity contribution >= 4 is 17.1 Å². The Labute approximate surface area is 193 Å². The van der Waals surface area contributed by atoms with Crippen molar-refractivity contribution in [2.45, 2.75) is 51.1 Å². The van der Waals surface area contributed by atoms with Gasteiger partial charge in [0.25, 0.3) is 0 Å². The summed E-state index contributed by atoms with van der Waals surface area (Å²) < 4.78 is 6.30. The van der Waals surface area contributed by atoms with Gasteiger partial charge in [0.05, 0.1) is 5.54 Å². The predicted octanol–water partition coefficient (Wildman–Crippen LogP) is 7.32. The maximum atomic E-state index is 12.3. The number of carboxylic acid groups (broad SMARTS) is 1. The molecule has 1 aliphatic rings. The van der Waals surface area contributed by atoms with Crippen LogP contribution in [0.25, 0.3) is 33.4 Å². The lowest BCUT2D eigenvalue weighted by atomic mass is 9.69. The highest BCUT2D eigenvalue weighted by Gasteiger charge is 2.50. The second-order valence-electron chi connectivity index (χ2n) is 9.80. The van der Waals surface area contributed by atoms with Crippen LogP contribution in [0, 0.1) is 0 Å². The van der Waals surface area contributed by atoms with E-state index in [1.807, 2.05) is 51.2 Å². The molecule has 1 aliphatic carbocycles. The summed E-state index contributed by atoms with van der Waals surface area (Å²) in [6.07, 6.45) is 5.40. The Balaban J connectivity index is 1.61. The number of pyridine rings is 1. The molecule has 1 saturated carbocycles. The molecule has 0 unspecified atom stereocenters. The minimum Gasteiger partial charge on any atom is -0.465 e. The molecule has 0 spiro atoms. The fourth-order valence-electron chi connectivity index (χ4n) is 5.23. The zero-order chi connectivity index (χ0) is 23.2. The van der Waals surface area contributed by atoms with E-state index in [0.717, 1.165) is 58.2 Å². The van der Waals surface area contributed by atoms with Crippen LogP contribution in [0.4, 0.5) is 4.79 Å². The Hall–Kier alpha value is -3.60. The summed E-state index contributed by atoms with van der Waals surface area (Å²) >= 11 is 0. The van der Waals surface area contributed by atoms with Gasteiger partial charge in [0.2, 0.25) is 0 Å². The van der Waals surface area contributed by atoms with Crippen molar-refractivity contribution < 1.29 is 14.3 Å². The highest BCUT2D eigenvalue weighted by molar-refractivity contribution is 6.01. The van der Waals surface area contributed by atoms with Crippen molar-refractivity contribution in [1.82, 2.24) is 9.88 Å². The molecule has 2 heterocycles. The number of amides is 1. The number of fused-ring (bicyclic) bond motifs is 1. The first-order chi connectivity index (χ1) is 15.8. The maximum absolute atomic E-state index is 12.3. The lowest BCUT2D eigenvalue weighted by Gasteiger charge is -2.54. The molecule has 0 atom stereocenters. The van der Waals surface area contributed by atoms with Crippen LogP contribution in [0.15, 0.2) is 77.5 Å². The highest BCUT2D eigenvalue weighted by Crippen LogP contribution is 2.50. The van der Waals surface area contributed by atoms with Crippen molar-refractivity contribution in [3.05, 3.63) is 78.6 Å². The molecular formula is C28H28N2O3. The molecule has 33 heavy (non-hydrogen) atoms. The van der Waals surface area contributed by atoms with Gasteiger partial charge < -0.3 is 9.52 Å². The SMILES string of the molecule is CC(C)(C)N(C(=O)O)C1(c2ccc(-c3oc4ccncc4c3-c3ccccc3)cc2)CCC1. The van der Waals surface area contributed by atoms with Crippen LogP contribution < -0.4 is 0 Å². The van der Waals surface area contributed by atoms with E-state index in [0.29, 0.717) is 0 Å². The summed E-state index contributed by atoms with van der Waals surface area (Å²) in [5.74, 6) is 0.796. The third-order valence-electron chi connectivity index (χ3n) is 6.71. The maximum Gasteiger partial charge on any atom is 0.408 e. The van der Waals surface area contributed by atoms with Crippen molar-refractivity contribution in [3.8, 4) is 22.5 Å². The van der Waals surface area contributed by atoms with Gasteiger partial charge >= 0.3 is 6.09 Å². The van der Waals surface area contributed by atoms with Gasteiger partial charge in [-0.2, -0.15) is 0 Å². The Morgan fingerprint density at radius 3 is 2.27 bits per heavy atom. The summed E-state index contributed by atoms with van der Waals surface area (Å²) in [4.78, 5) is 18.2. The second-order valence-corrected chi connectivity index (χ2v) is 9.80. The highest BCUT2D eigenvalue weighted by atomic mass is 16.4. The number of carbonyl (C=O) groups is 1. The fraction of sp³-hybridized carbons (Fsp3) is 0.286. The molecule has 5 heteroatoms. The molecule has 2 aromatic carbocycles.